The number of carbonyl (C=O) groups excluding carboxylic acids is 2. The van der Waals surface area contributed by atoms with Crippen LogP contribution in [0.3, 0.4) is 0 Å². The summed E-state index contributed by atoms with van der Waals surface area (Å²) < 4.78 is 0. The Kier molecular flexibility index (Phi) is 4.91. The van der Waals surface area contributed by atoms with Gasteiger partial charge in [-0.3, -0.25) is 9.59 Å². The molecule has 29 heavy (non-hydrogen) atoms. The van der Waals surface area contributed by atoms with Crippen molar-refractivity contribution in [2.24, 2.45) is 11.3 Å². The first kappa shape index (κ1) is 20.2. The van der Waals surface area contributed by atoms with E-state index in [4.69, 9.17) is 0 Å². The van der Waals surface area contributed by atoms with Crippen molar-refractivity contribution in [2.75, 3.05) is 0 Å². The molecule has 2 aliphatic rings. The smallest absolute Gasteiger partial charge is 0.168 e. The molecule has 2 aliphatic carbocycles. The van der Waals surface area contributed by atoms with Crippen molar-refractivity contribution in [3.8, 4) is 0 Å². The number of carbonyl (C=O) groups is 2. The van der Waals surface area contributed by atoms with Crippen molar-refractivity contribution in [1.29, 1.82) is 0 Å². The Balaban J connectivity index is 1.85. The molecule has 2 aromatic carbocycles. The average Bonchev–Trinajstić information content (AvgIpc) is 2.98. The molecule has 2 saturated carbocycles. The number of Topliss-reactive ketones (excluding diaryl/α,β-unsaturated/α-hetero) is 2. The van der Waals surface area contributed by atoms with E-state index >= 15 is 0 Å². The van der Waals surface area contributed by atoms with Gasteiger partial charge in [-0.05, 0) is 25.3 Å². The summed E-state index contributed by atoms with van der Waals surface area (Å²) in [6.07, 6.45) is 2.23. The van der Waals surface area contributed by atoms with Crippen LogP contribution in [0, 0.1) is 11.3 Å². The third kappa shape index (κ3) is 2.96. The van der Waals surface area contributed by atoms with Crippen molar-refractivity contribution in [1.82, 2.24) is 0 Å². The Labute approximate surface area is 174 Å². The van der Waals surface area contributed by atoms with Gasteiger partial charge in [0.15, 0.2) is 5.78 Å². The Bertz CT molecular complexity index is 924. The van der Waals surface area contributed by atoms with E-state index in [1.54, 1.807) is 0 Å². The molecule has 3 nitrogen and oxygen atoms in total. The quantitative estimate of drug-likeness (QED) is 0.606. The van der Waals surface area contributed by atoms with Crippen LogP contribution in [0.25, 0.3) is 0 Å². The lowest BCUT2D eigenvalue weighted by molar-refractivity contribution is -0.146. The zero-order valence-electron chi connectivity index (χ0n) is 17.5. The van der Waals surface area contributed by atoms with Crippen molar-refractivity contribution in [2.45, 2.75) is 56.8 Å². The summed E-state index contributed by atoms with van der Waals surface area (Å²) in [5, 5.41) is 13.3. The monoisotopic (exact) mass is 406 g/mol. The van der Waals surface area contributed by atoms with Gasteiger partial charge in [0.25, 0.3) is 0 Å². The molecule has 2 aromatic rings. The van der Waals surface area contributed by atoms with E-state index in [-0.39, 0.29) is 17.1 Å². The van der Waals surface area contributed by atoms with E-state index in [1.807, 2.05) is 43.3 Å². The van der Waals surface area contributed by atoms with E-state index < -0.39 is 25.0 Å². The van der Waals surface area contributed by atoms with Crippen molar-refractivity contribution >= 4 is 24.8 Å². The molecular formula is C25H30O3Si. The van der Waals surface area contributed by atoms with E-state index in [2.05, 4.69) is 37.4 Å². The molecule has 4 heteroatoms. The molecule has 4 rings (SSSR count). The highest BCUT2D eigenvalue weighted by molar-refractivity contribution is 6.91. The summed E-state index contributed by atoms with van der Waals surface area (Å²) in [6.45, 7) is 6.50. The van der Waals surface area contributed by atoms with Gasteiger partial charge in [0, 0.05) is 12.0 Å². The highest BCUT2D eigenvalue weighted by Gasteiger charge is 2.67. The van der Waals surface area contributed by atoms with Crippen LogP contribution in [0.5, 0.6) is 0 Å². The van der Waals surface area contributed by atoms with Gasteiger partial charge in [-0.1, -0.05) is 85.4 Å². The van der Waals surface area contributed by atoms with Gasteiger partial charge in [-0.15, -0.1) is 0 Å². The van der Waals surface area contributed by atoms with Gasteiger partial charge in [0.1, 0.15) is 5.78 Å². The van der Waals surface area contributed by atoms with Crippen molar-refractivity contribution < 1.29 is 14.7 Å². The van der Waals surface area contributed by atoms with Crippen LogP contribution in [0.4, 0.5) is 0 Å². The predicted octanol–water partition coefficient (Wildman–Crippen LogP) is 4.37. The minimum absolute atomic E-state index is 0.00442. The highest BCUT2D eigenvalue weighted by Crippen LogP contribution is 2.61. The second-order valence-electron chi connectivity index (χ2n) is 9.62. The highest BCUT2D eigenvalue weighted by atomic mass is 28.3. The average molecular weight is 407 g/mol. The van der Waals surface area contributed by atoms with Gasteiger partial charge >= 0.3 is 0 Å². The number of hydrogen-bond donors (Lipinski definition) is 1. The Morgan fingerprint density at radius 2 is 1.59 bits per heavy atom. The number of benzene rings is 2. The molecule has 0 saturated heterocycles. The van der Waals surface area contributed by atoms with Crippen LogP contribution in [-0.4, -0.2) is 30.3 Å². The van der Waals surface area contributed by atoms with Crippen molar-refractivity contribution in [3.63, 3.8) is 0 Å². The zero-order chi connectivity index (χ0) is 20.9. The molecule has 2 fully saturated rings. The minimum atomic E-state index is -2.09. The van der Waals surface area contributed by atoms with Gasteiger partial charge in [0.05, 0.1) is 25.0 Å². The summed E-state index contributed by atoms with van der Waals surface area (Å²) in [4.78, 5) is 26.6. The van der Waals surface area contributed by atoms with Crippen molar-refractivity contribution in [3.05, 3.63) is 66.2 Å². The summed E-state index contributed by atoms with van der Waals surface area (Å²) in [5.41, 5.74) is -1.36. The summed E-state index contributed by atoms with van der Waals surface area (Å²) in [7, 11) is -2.09. The maximum absolute atomic E-state index is 13.8. The lowest BCUT2D eigenvalue weighted by Gasteiger charge is -2.54. The minimum Gasteiger partial charge on any atom is -0.388 e. The van der Waals surface area contributed by atoms with Crippen LogP contribution in [-0.2, 0) is 4.79 Å². The fraction of sp³-hybridized carbons (Fsp3) is 0.440. The molecule has 0 aliphatic heterocycles. The molecule has 152 valence electrons. The molecule has 0 unspecified atom stereocenters. The topological polar surface area (TPSA) is 54.4 Å². The summed E-state index contributed by atoms with van der Waals surface area (Å²) in [5.74, 6) is -0.435. The van der Waals surface area contributed by atoms with E-state index in [0.717, 1.165) is 6.42 Å². The molecule has 0 spiro atoms. The maximum Gasteiger partial charge on any atom is 0.168 e. The zero-order valence-corrected chi connectivity index (χ0v) is 18.5. The third-order valence-corrected chi connectivity index (χ3v) is 12.3. The molecule has 1 N–H and O–H groups in total. The number of fused-ring (bicyclic) bond motifs is 1. The van der Waals surface area contributed by atoms with Crippen LogP contribution >= 0.6 is 0 Å². The van der Waals surface area contributed by atoms with E-state index in [9.17, 15) is 14.7 Å². The van der Waals surface area contributed by atoms with E-state index in [0.29, 0.717) is 24.8 Å². The summed E-state index contributed by atoms with van der Waals surface area (Å²) in [6, 6.07) is 19.8. The molecule has 0 amide bonds. The molecule has 0 heterocycles. The lowest BCUT2D eigenvalue weighted by Crippen LogP contribution is -2.63. The molecule has 0 radical (unpaired) electrons. The van der Waals surface area contributed by atoms with Crippen LogP contribution in [0.15, 0.2) is 60.7 Å². The SMILES string of the molecule is C[C@]12CC[C@@H]([Si](C)(C)c3ccccc3)[C@H](C(=O)c3ccccc3)[C@@]1(O)CCC2=O. The fourth-order valence-corrected chi connectivity index (χ4v) is 9.54. The first-order valence-electron chi connectivity index (χ1n) is 10.6. The first-order chi connectivity index (χ1) is 13.7. The summed E-state index contributed by atoms with van der Waals surface area (Å²) >= 11 is 0. The van der Waals surface area contributed by atoms with Gasteiger partial charge < -0.3 is 5.11 Å². The second-order valence-corrected chi connectivity index (χ2v) is 14.4. The number of aliphatic hydroxyl groups is 1. The maximum atomic E-state index is 13.8. The number of ketones is 2. The second kappa shape index (κ2) is 7.03. The third-order valence-electron chi connectivity index (χ3n) is 7.96. The van der Waals surface area contributed by atoms with Crippen LogP contribution < -0.4 is 5.19 Å². The van der Waals surface area contributed by atoms with Crippen LogP contribution in [0.1, 0.15) is 43.0 Å². The molecule has 4 atom stereocenters. The normalized spacial score (nSPS) is 32.1. The number of rotatable bonds is 4. The number of hydrogen-bond acceptors (Lipinski definition) is 3. The van der Waals surface area contributed by atoms with Gasteiger partial charge in [0.2, 0.25) is 0 Å². The Morgan fingerprint density at radius 1 is 1.00 bits per heavy atom. The van der Waals surface area contributed by atoms with Gasteiger partial charge in [-0.2, -0.15) is 0 Å². The molecule has 0 aromatic heterocycles. The fourth-order valence-electron chi connectivity index (χ4n) is 5.94. The van der Waals surface area contributed by atoms with Gasteiger partial charge in [-0.25, -0.2) is 0 Å². The lowest BCUT2D eigenvalue weighted by atomic mass is 9.59. The Hall–Kier alpha value is -2.04. The predicted molar refractivity (Wildman–Crippen MR) is 118 cm³/mol. The van der Waals surface area contributed by atoms with E-state index in [1.165, 1.54) is 5.19 Å². The molecule has 0 bridgehead atoms. The largest absolute Gasteiger partial charge is 0.388 e. The van der Waals surface area contributed by atoms with Crippen LogP contribution in [0.2, 0.25) is 18.6 Å². The molecular weight excluding hydrogens is 376 g/mol. The standard InChI is InChI=1S/C25H30O3Si/c1-24-16-14-20(29(2,3)19-12-8-5-9-13-19)22(25(24,28)17-15-21(24)26)23(27)18-10-6-4-7-11-18/h4-13,20,22,28H,14-17H2,1-3H3/t20-,22-,24-,25+/m1/s1. The first-order valence-corrected chi connectivity index (χ1v) is 13.7. The Morgan fingerprint density at radius 3 is 2.21 bits per heavy atom.